The zero-order valence-corrected chi connectivity index (χ0v) is 19.1. The second-order valence-corrected chi connectivity index (χ2v) is 10.2. The molecule has 3 heterocycles. The van der Waals surface area contributed by atoms with Crippen molar-refractivity contribution >= 4 is 28.8 Å². The molecule has 6 heteroatoms. The minimum atomic E-state index is -0.00485. The Morgan fingerprint density at radius 2 is 2.00 bits per heavy atom. The van der Waals surface area contributed by atoms with Crippen molar-refractivity contribution in [3.05, 3.63) is 64.3 Å². The lowest BCUT2D eigenvalue weighted by Crippen LogP contribution is -2.31. The number of aromatic nitrogens is 1. The first-order valence-electron chi connectivity index (χ1n) is 10.1. The minimum absolute atomic E-state index is 0.000201. The molecular formula is C24H26ClN3OS. The number of nitrogens with zero attached hydrogens (tertiary/aromatic N) is 2. The third kappa shape index (κ3) is 4.29. The summed E-state index contributed by atoms with van der Waals surface area (Å²) < 4.78 is 0. The van der Waals surface area contributed by atoms with Gasteiger partial charge < -0.3 is 10.6 Å². The molecule has 2 aromatic heterocycles. The zero-order valence-electron chi connectivity index (χ0n) is 17.5. The molecule has 1 aromatic carbocycles. The lowest BCUT2D eigenvalue weighted by molar-refractivity contribution is 0.0791. The molecule has 1 fully saturated rings. The first-order chi connectivity index (χ1) is 14.2. The number of halogens is 1. The third-order valence-electron chi connectivity index (χ3n) is 5.45. The van der Waals surface area contributed by atoms with Crippen molar-refractivity contribution in [2.75, 3.05) is 13.1 Å². The van der Waals surface area contributed by atoms with Gasteiger partial charge >= 0.3 is 0 Å². The fraction of sp³-hybridized carbons (Fsp3) is 0.333. The van der Waals surface area contributed by atoms with E-state index in [0.29, 0.717) is 23.7 Å². The normalized spacial score (nSPS) is 16.8. The summed E-state index contributed by atoms with van der Waals surface area (Å²) in [4.78, 5) is 20.1. The van der Waals surface area contributed by atoms with Gasteiger partial charge in [-0.1, -0.05) is 38.4 Å². The van der Waals surface area contributed by atoms with E-state index >= 15 is 0 Å². The van der Waals surface area contributed by atoms with Crippen LogP contribution >= 0.6 is 22.9 Å². The predicted molar refractivity (Wildman–Crippen MR) is 125 cm³/mol. The molecule has 0 spiro atoms. The van der Waals surface area contributed by atoms with Crippen LogP contribution in [0.3, 0.4) is 0 Å². The molecule has 4 rings (SSSR count). The number of benzene rings is 1. The molecular weight excluding hydrogens is 414 g/mol. The van der Waals surface area contributed by atoms with Gasteiger partial charge in [-0.3, -0.25) is 9.78 Å². The van der Waals surface area contributed by atoms with Gasteiger partial charge in [-0.2, -0.15) is 0 Å². The number of hydrogen-bond acceptors (Lipinski definition) is 4. The van der Waals surface area contributed by atoms with Crippen LogP contribution in [0.5, 0.6) is 0 Å². The van der Waals surface area contributed by atoms with Gasteiger partial charge in [0.1, 0.15) is 0 Å². The molecule has 1 aliphatic rings. The van der Waals surface area contributed by atoms with Gasteiger partial charge in [0.2, 0.25) is 0 Å². The molecule has 2 N–H and O–H groups in total. The number of nitrogens with two attached hydrogens (primary N) is 1. The Balaban J connectivity index is 1.59. The first-order valence-corrected chi connectivity index (χ1v) is 11.4. The van der Waals surface area contributed by atoms with Crippen LogP contribution in [-0.4, -0.2) is 34.9 Å². The Labute approximate surface area is 186 Å². The Hall–Kier alpha value is -2.21. The van der Waals surface area contributed by atoms with Gasteiger partial charge in [-0.15, -0.1) is 11.3 Å². The summed E-state index contributed by atoms with van der Waals surface area (Å²) >= 11 is 8.23. The van der Waals surface area contributed by atoms with Crippen molar-refractivity contribution in [1.82, 2.24) is 9.88 Å². The number of likely N-dealkylation sites (tertiary alicyclic amines) is 1. The highest BCUT2D eigenvalue weighted by atomic mass is 35.5. The molecule has 4 nitrogen and oxygen atoms in total. The van der Waals surface area contributed by atoms with Crippen molar-refractivity contribution < 1.29 is 4.79 Å². The Morgan fingerprint density at radius 3 is 2.67 bits per heavy atom. The van der Waals surface area contributed by atoms with Crippen molar-refractivity contribution in [2.45, 2.75) is 38.6 Å². The van der Waals surface area contributed by atoms with E-state index in [4.69, 9.17) is 17.3 Å². The van der Waals surface area contributed by atoms with Crippen LogP contribution in [0.2, 0.25) is 5.02 Å². The number of rotatable bonds is 3. The summed E-state index contributed by atoms with van der Waals surface area (Å²) in [6.45, 7) is 7.80. The van der Waals surface area contributed by atoms with Crippen molar-refractivity contribution in [3.8, 4) is 21.6 Å². The van der Waals surface area contributed by atoms with Crippen LogP contribution in [-0.2, 0) is 5.41 Å². The van der Waals surface area contributed by atoms with Crippen LogP contribution in [0.15, 0.2) is 48.0 Å². The molecule has 1 atom stereocenters. The van der Waals surface area contributed by atoms with Gasteiger partial charge in [0, 0.05) is 52.4 Å². The number of amides is 1. The number of carbonyl (C=O) groups is 1. The number of hydrogen-bond donors (Lipinski definition) is 1. The summed E-state index contributed by atoms with van der Waals surface area (Å²) in [5.41, 5.74) is 10.8. The molecule has 0 aliphatic carbocycles. The third-order valence-corrected chi connectivity index (χ3v) is 6.73. The molecule has 1 saturated heterocycles. The second-order valence-electron chi connectivity index (χ2n) is 8.87. The summed E-state index contributed by atoms with van der Waals surface area (Å²) in [6.07, 6.45) is 2.71. The van der Waals surface area contributed by atoms with E-state index in [1.807, 2.05) is 24.4 Å². The molecule has 1 aliphatic heterocycles. The largest absolute Gasteiger partial charge is 0.337 e. The molecule has 0 radical (unpaired) electrons. The number of pyridine rings is 1. The Morgan fingerprint density at radius 1 is 1.20 bits per heavy atom. The number of thiophene rings is 1. The smallest absolute Gasteiger partial charge is 0.253 e. The van der Waals surface area contributed by atoms with E-state index in [-0.39, 0.29) is 17.4 Å². The monoisotopic (exact) mass is 439 g/mol. The van der Waals surface area contributed by atoms with E-state index in [2.05, 4.69) is 43.3 Å². The van der Waals surface area contributed by atoms with E-state index < -0.39 is 0 Å². The lowest BCUT2D eigenvalue weighted by atomic mass is 9.90. The average Bonchev–Trinajstić information content (AvgIpc) is 3.36. The van der Waals surface area contributed by atoms with Gasteiger partial charge in [0.25, 0.3) is 5.91 Å². The van der Waals surface area contributed by atoms with Crippen LogP contribution in [0.25, 0.3) is 21.6 Å². The van der Waals surface area contributed by atoms with Crippen molar-refractivity contribution in [1.29, 1.82) is 0 Å². The highest BCUT2D eigenvalue weighted by molar-refractivity contribution is 7.14. The maximum absolute atomic E-state index is 12.7. The summed E-state index contributed by atoms with van der Waals surface area (Å²) in [6, 6.07) is 12.0. The van der Waals surface area contributed by atoms with Crippen molar-refractivity contribution in [2.24, 2.45) is 5.73 Å². The fourth-order valence-corrected chi connectivity index (χ4v) is 4.95. The first kappa shape index (κ1) is 21.0. The molecule has 156 valence electrons. The SMILES string of the molecule is CC(C)(C)c1cc(-c2csc(-c3ccc(C(=O)N4CC[C@H](N)C4)cc3Cl)c2)ccn1. The van der Waals surface area contributed by atoms with Crippen LogP contribution in [0.1, 0.15) is 43.2 Å². The second kappa shape index (κ2) is 8.14. The van der Waals surface area contributed by atoms with E-state index in [1.54, 1.807) is 22.3 Å². The minimum Gasteiger partial charge on any atom is -0.337 e. The van der Waals surface area contributed by atoms with Gasteiger partial charge in [-0.05, 0) is 53.3 Å². The average molecular weight is 440 g/mol. The topological polar surface area (TPSA) is 59.2 Å². The summed E-state index contributed by atoms with van der Waals surface area (Å²) in [7, 11) is 0. The molecule has 0 unspecified atom stereocenters. The summed E-state index contributed by atoms with van der Waals surface area (Å²) in [5.74, 6) is -0.00485. The quantitative estimate of drug-likeness (QED) is 0.577. The molecule has 0 saturated carbocycles. The molecule has 30 heavy (non-hydrogen) atoms. The highest BCUT2D eigenvalue weighted by Crippen LogP contribution is 2.37. The van der Waals surface area contributed by atoms with E-state index in [0.717, 1.165) is 33.7 Å². The Kier molecular flexibility index (Phi) is 5.71. The maximum atomic E-state index is 12.7. The van der Waals surface area contributed by atoms with E-state index in [9.17, 15) is 4.79 Å². The molecule has 0 bridgehead atoms. The maximum Gasteiger partial charge on any atom is 0.253 e. The zero-order chi connectivity index (χ0) is 21.5. The Bertz CT molecular complexity index is 1090. The number of carbonyl (C=O) groups excluding carboxylic acids is 1. The van der Waals surface area contributed by atoms with Gasteiger partial charge in [0.15, 0.2) is 0 Å². The molecule has 1 amide bonds. The van der Waals surface area contributed by atoms with Crippen LogP contribution in [0, 0.1) is 0 Å². The van der Waals surface area contributed by atoms with Crippen LogP contribution < -0.4 is 5.73 Å². The highest BCUT2D eigenvalue weighted by Gasteiger charge is 2.25. The molecule has 3 aromatic rings. The fourth-order valence-electron chi connectivity index (χ4n) is 3.65. The predicted octanol–water partition coefficient (Wildman–Crippen LogP) is 5.60. The van der Waals surface area contributed by atoms with Crippen LogP contribution in [0.4, 0.5) is 0 Å². The lowest BCUT2D eigenvalue weighted by Gasteiger charge is -2.18. The van der Waals surface area contributed by atoms with Gasteiger partial charge in [0.05, 0.1) is 5.02 Å². The van der Waals surface area contributed by atoms with Crippen molar-refractivity contribution in [3.63, 3.8) is 0 Å². The van der Waals surface area contributed by atoms with E-state index in [1.165, 1.54) is 0 Å². The standard InChI is InChI=1S/C24H26ClN3OS/c1-24(2,3)22-12-15(6-8-27-22)17-11-21(30-14-17)19-5-4-16(10-20(19)25)23(29)28-9-7-18(26)13-28/h4-6,8,10-12,14,18H,7,9,13,26H2,1-3H3/t18-/m0/s1. The summed E-state index contributed by atoms with van der Waals surface area (Å²) in [5, 5.41) is 2.72. The van der Waals surface area contributed by atoms with Gasteiger partial charge in [-0.25, -0.2) is 0 Å².